The second-order valence-electron chi connectivity index (χ2n) is 4.27. The summed E-state index contributed by atoms with van der Waals surface area (Å²) in [4.78, 5) is 4.40. The van der Waals surface area contributed by atoms with Crippen LogP contribution in [0.15, 0.2) is 16.6 Å². The van der Waals surface area contributed by atoms with E-state index >= 15 is 0 Å². The molecular weight excluding hydrogens is 351 g/mol. The lowest BCUT2D eigenvalue weighted by atomic mass is 10.3. The van der Waals surface area contributed by atoms with Gasteiger partial charge >= 0.3 is 0 Å². The Morgan fingerprint density at radius 3 is 2.89 bits per heavy atom. The molecule has 104 valence electrons. The molecule has 2 rings (SSSR count). The predicted molar refractivity (Wildman–Crippen MR) is 84.6 cm³/mol. The second kappa shape index (κ2) is 6.95. The number of thioether (sulfide) groups is 1. The van der Waals surface area contributed by atoms with Gasteiger partial charge in [-0.15, -0.1) is 11.6 Å². The van der Waals surface area contributed by atoms with Gasteiger partial charge in [0.15, 0.2) is 0 Å². The van der Waals surface area contributed by atoms with E-state index in [1.807, 2.05) is 11.8 Å². The molecule has 0 fully saturated rings. The van der Waals surface area contributed by atoms with Crippen molar-refractivity contribution >= 4 is 50.3 Å². The maximum Gasteiger partial charge on any atom is 0.139 e. The molecule has 1 heterocycles. The molecule has 2 aromatic rings. The van der Waals surface area contributed by atoms with Gasteiger partial charge in [-0.3, -0.25) is 0 Å². The maximum atomic E-state index is 13.5. The van der Waals surface area contributed by atoms with E-state index in [1.54, 1.807) is 6.07 Å². The molecule has 0 amide bonds. The third-order valence-electron chi connectivity index (χ3n) is 2.97. The first-order chi connectivity index (χ1) is 9.17. The van der Waals surface area contributed by atoms with Gasteiger partial charge in [0.25, 0.3) is 0 Å². The highest BCUT2D eigenvalue weighted by molar-refractivity contribution is 9.10. The summed E-state index contributed by atoms with van der Waals surface area (Å²) < 4.78 is 16.1. The quantitative estimate of drug-likeness (QED) is 0.539. The van der Waals surface area contributed by atoms with Gasteiger partial charge in [-0.05, 0) is 46.8 Å². The van der Waals surface area contributed by atoms with Crippen molar-refractivity contribution < 1.29 is 4.39 Å². The Kier molecular flexibility index (Phi) is 5.54. The Morgan fingerprint density at radius 1 is 1.42 bits per heavy atom. The van der Waals surface area contributed by atoms with E-state index < -0.39 is 0 Å². The van der Waals surface area contributed by atoms with Crippen LogP contribution in [0.4, 0.5) is 4.39 Å². The van der Waals surface area contributed by atoms with Crippen LogP contribution in [0.5, 0.6) is 0 Å². The first kappa shape index (κ1) is 15.1. The molecule has 6 heteroatoms. The van der Waals surface area contributed by atoms with Crippen molar-refractivity contribution in [3.8, 4) is 0 Å². The molecule has 2 nitrogen and oxygen atoms in total. The number of fused-ring (bicyclic) bond motifs is 1. The van der Waals surface area contributed by atoms with Crippen molar-refractivity contribution in [2.75, 3.05) is 12.0 Å². The number of hydrogen-bond acceptors (Lipinski definition) is 2. The summed E-state index contributed by atoms with van der Waals surface area (Å²) in [6.45, 7) is 0.872. The van der Waals surface area contributed by atoms with Gasteiger partial charge in [-0.2, -0.15) is 11.8 Å². The summed E-state index contributed by atoms with van der Waals surface area (Å²) in [5.74, 6) is 2.01. The molecular formula is C13H15BrClFN2S. The molecule has 0 aliphatic rings. The standard InChI is InChI=1S/C13H15BrClFN2S/c1-19-5-3-2-4-18-12-6-9(14)10(16)7-11(12)17-13(18)8-15/h6-7H,2-5,8H2,1H3. The van der Waals surface area contributed by atoms with Gasteiger partial charge < -0.3 is 4.57 Å². The fraction of sp³-hybridized carbons (Fsp3) is 0.462. The van der Waals surface area contributed by atoms with Gasteiger partial charge in [0, 0.05) is 12.6 Å². The first-order valence-electron chi connectivity index (χ1n) is 6.06. The molecule has 0 atom stereocenters. The SMILES string of the molecule is CSCCCCn1c(CCl)nc2cc(F)c(Br)cc21. The van der Waals surface area contributed by atoms with Crippen LogP contribution in [0.2, 0.25) is 0 Å². The van der Waals surface area contributed by atoms with E-state index in [0.29, 0.717) is 15.9 Å². The first-order valence-corrected chi connectivity index (χ1v) is 8.78. The Hall–Kier alpha value is -0.260. The molecule has 0 aliphatic carbocycles. The van der Waals surface area contributed by atoms with Crippen LogP contribution in [0, 0.1) is 5.82 Å². The van der Waals surface area contributed by atoms with E-state index in [0.717, 1.165) is 36.5 Å². The predicted octanol–water partition coefficient (Wildman–Crippen LogP) is 4.82. The fourth-order valence-corrected chi connectivity index (χ4v) is 3.07. The van der Waals surface area contributed by atoms with Crippen molar-refractivity contribution in [2.45, 2.75) is 25.3 Å². The zero-order chi connectivity index (χ0) is 13.8. The number of halogens is 3. The summed E-state index contributed by atoms with van der Waals surface area (Å²) in [7, 11) is 0. The highest BCUT2D eigenvalue weighted by Crippen LogP contribution is 2.25. The van der Waals surface area contributed by atoms with E-state index in [-0.39, 0.29) is 5.82 Å². The van der Waals surface area contributed by atoms with Gasteiger partial charge in [-0.1, -0.05) is 0 Å². The van der Waals surface area contributed by atoms with Gasteiger partial charge in [-0.25, -0.2) is 9.37 Å². The Labute approximate surface area is 129 Å². The number of nitrogens with zero attached hydrogens (tertiary/aromatic N) is 2. The average Bonchev–Trinajstić information content (AvgIpc) is 2.73. The number of rotatable bonds is 6. The van der Waals surface area contributed by atoms with E-state index in [4.69, 9.17) is 11.6 Å². The van der Waals surface area contributed by atoms with Crippen LogP contribution in [-0.2, 0) is 12.4 Å². The van der Waals surface area contributed by atoms with E-state index in [2.05, 4.69) is 31.7 Å². The minimum atomic E-state index is -0.291. The normalized spacial score (nSPS) is 11.4. The van der Waals surface area contributed by atoms with Crippen LogP contribution in [0.1, 0.15) is 18.7 Å². The largest absolute Gasteiger partial charge is 0.327 e. The average molecular weight is 366 g/mol. The minimum Gasteiger partial charge on any atom is -0.327 e. The lowest BCUT2D eigenvalue weighted by Gasteiger charge is -2.07. The minimum absolute atomic E-state index is 0.291. The number of hydrogen-bond donors (Lipinski definition) is 0. The number of alkyl halides is 1. The van der Waals surface area contributed by atoms with Gasteiger partial charge in [0.1, 0.15) is 11.6 Å². The van der Waals surface area contributed by atoms with Crippen LogP contribution in [0.25, 0.3) is 11.0 Å². The summed E-state index contributed by atoms with van der Waals surface area (Å²) >= 11 is 11.0. The van der Waals surface area contributed by atoms with Crippen molar-refractivity contribution in [1.82, 2.24) is 9.55 Å². The molecule has 0 bridgehead atoms. The van der Waals surface area contributed by atoms with E-state index in [9.17, 15) is 4.39 Å². The summed E-state index contributed by atoms with van der Waals surface area (Å²) in [6.07, 6.45) is 4.34. The fourth-order valence-electron chi connectivity index (χ4n) is 2.04. The highest BCUT2D eigenvalue weighted by Gasteiger charge is 2.12. The topological polar surface area (TPSA) is 17.8 Å². The summed E-state index contributed by atoms with van der Waals surface area (Å²) in [5, 5.41) is 0. The monoisotopic (exact) mass is 364 g/mol. The molecule has 0 aliphatic heterocycles. The summed E-state index contributed by atoms with van der Waals surface area (Å²) in [5.41, 5.74) is 1.61. The van der Waals surface area contributed by atoms with E-state index in [1.165, 1.54) is 6.07 Å². The third kappa shape index (κ3) is 3.44. The molecule has 19 heavy (non-hydrogen) atoms. The Balaban J connectivity index is 2.31. The van der Waals surface area contributed by atoms with Crippen molar-refractivity contribution in [2.24, 2.45) is 0 Å². The van der Waals surface area contributed by atoms with Crippen LogP contribution < -0.4 is 0 Å². The van der Waals surface area contributed by atoms with Crippen molar-refractivity contribution in [1.29, 1.82) is 0 Å². The number of benzene rings is 1. The number of imidazole rings is 1. The molecule has 0 unspecified atom stereocenters. The maximum absolute atomic E-state index is 13.5. The molecule has 1 aromatic carbocycles. The lowest BCUT2D eigenvalue weighted by Crippen LogP contribution is -2.03. The second-order valence-corrected chi connectivity index (χ2v) is 6.38. The molecule has 0 saturated carbocycles. The number of aryl methyl sites for hydroxylation is 1. The Bertz CT molecular complexity index is 573. The molecule has 0 spiro atoms. The zero-order valence-electron chi connectivity index (χ0n) is 10.6. The van der Waals surface area contributed by atoms with Crippen molar-refractivity contribution in [3.05, 3.63) is 28.2 Å². The molecule has 0 saturated heterocycles. The van der Waals surface area contributed by atoms with Crippen LogP contribution in [-0.4, -0.2) is 21.6 Å². The summed E-state index contributed by atoms with van der Waals surface area (Å²) in [6, 6.07) is 3.23. The zero-order valence-corrected chi connectivity index (χ0v) is 13.8. The molecule has 0 N–H and O–H groups in total. The molecule has 1 aromatic heterocycles. The van der Waals surface area contributed by atoms with Crippen molar-refractivity contribution in [3.63, 3.8) is 0 Å². The van der Waals surface area contributed by atoms with Gasteiger partial charge in [0.2, 0.25) is 0 Å². The Morgan fingerprint density at radius 2 is 2.21 bits per heavy atom. The number of unbranched alkanes of at least 4 members (excludes halogenated alkanes) is 1. The highest BCUT2D eigenvalue weighted by atomic mass is 79.9. The van der Waals surface area contributed by atoms with Gasteiger partial charge in [0.05, 0.1) is 21.4 Å². The smallest absolute Gasteiger partial charge is 0.139 e. The third-order valence-corrected chi connectivity index (χ3v) is 4.51. The number of aromatic nitrogens is 2. The van der Waals surface area contributed by atoms with Crippen LogP contribution >= 0.6 is 39.3 Å². The lowest BCUT2D eigenvalue weighted by molar-refractivity contribution is 0.620. The molecule has 0 radical (unpaired) electrons. The van der Waals surface area contributed by atoms with Crippen LogP contribution in [0.3, 0.4) is 0 Å².